The van der Waals surface area contributed by atoms with Crippen molar-refractivity contribution in [2.24, 2.45) is 0 Å². The highest BCUT2D eigenvalue weighted by molar-refractivity contribution is 6.29. The molecule has 0 amide bonds. The van der Waals surface area contributed by atoms with Crippen molar-refractivity contribution >= 4 is 23.3 Å². The molecule has 5 nitrogen and oxygen atoms in total. The maximum atomic E-state index is 13.5. The summed E-state index contributed by atoms with van der Waals surface area (Å²) in [6.45, 7) is 4.16. The van der Waals surface area contributed by atoms with Gasteiger partial charge < -0.3 is 5.11 Å². The minimum absolute atomic E-state index is 0.108. The van der Waals surface area contributed by atoms with Crippen molar-refractivity contribution in [2.75, 3.05) is 0 Å². The zero-order chi connectivity index (χ0) is 23.7. The molecule has 0 radical (unpaired) electrons. The van der Waals surface area contributed by atoms with Gasteiger partial charge in [-0.05, 0) is 46.5 Å². The van der Waals surface area contributed by atoms with Gasteiger partial charge in [0.2, 0.25) is 0 Å². The molecule has 0 saturated heterocycles. The molecule has 1 N–H and O–H groups in total. The molecule has 3 heterocycles. The molecule has 34 heavy (non-hydrogen) atoms. The number of pyridine rings is 2. The molecule has 2 aromatic carbocycles. The van der Waals surface area contributed by atoms with E-state index in [9.17, 15) is 9.90 Å². The van der Waals surface area contributed by atoms with Gasteiger partial charge in [0, 0.05) is 17.8 Å². The number of halogens is 1. The fourth-order valence-corrected chi connectivity index (χ4v) is 4.19. The number of rotatable bonds is 5. The highest BCUT2D eigenvalue weighted by Crippen LogP contribution is 2.29. The maximum absolute atomic E-state index is 13.5. The first-order valence-electron chi connectivity index (χ1n) is 10.7. The Bertz CT molecular complexity index is 1590. The molecule has 0 unspecified atom stereocenters. The van der Waals surface area contributed by atoms with Crippen molar-refractivity contribution in [3.05, 3.63) is 124 Å². The summed E-state index contributed by atoms with van der Waals surface area (Å²) in [7, 11) is 0. The lowest BCUT2D eigenvalue weighted by Crippen LogP contribution is -2.41. The van der Waals surface area contributed by atoms with Crippen LogP contribution in [0, 0.1) is 0 Å². The number of hydrogen-bond donors (Lipinski definition) is 1. The van der Waals surface area contributed by atoms with Gasteiger partial charge in [0.25, 0.3) is 11.5 Å². The number of aromatic nitrogens is 3. The topological polar surface area (TPSA) is 58.5 Å². The van der Waals surface area contributed by atoms with E-state index in [1.165, 1.54) is 0 Å². The molecule has 0 saturated carbocycles. The third-order valence-corrected chi connectivity index (χ3v) is 5.99. The van der Waals surface area contributed by atoms with Crippen LogP contribution in [-0.4, -0.2) is 14.5 Å². The van der Waals surface area contributed by atoms with Gasteiger partial charge in [-0.1, -0.05) is 72.8 Å². The third kappa shape index (κ3) is 3.98. The van der Waals surface area contributed by atoms with Crippen LogP contribution >= 0.6 is 11.6 Å². The molecule has 5 rings (SSSR count). The zero-order valence-electron chi connectivity index (χ0n) is 18.2. The smallest absolute Gasteiger partial charge is 0.354 e. The minimum atomic E-state index is -0.296. The lowest BCUT2D eigenvalue weighted by Gasteiger charge is -2.11. The zero-order valence-corrected chi connectivity index (χ0v) is 19.0. The molecule has 0 aliphatic heterocycles. The highest BCUT2D eigenvalue weighted by atomic mass is 35.5. The Morgan fingerprint density at radius 1 is 0.971 bits per heavy atom. The number of benzene rings is 2. The quantitative estimate of drug-likeness (QED) is 0.280. The summed E-state index contributed by atoms with van der Waals surface area (Å²) in [4.78, 5) is 17.6. The van der Waals surface area contributed by atoms with Crippen molar-refractivity contribution in [3.63, 3.8) is 0 Å². The van der Waals surface area contributed by atoms with Crippen molar-refractivity contribution in [2.45, 2.75) is 6.54 Å². The number of hydrogen-bond acceptors (Lipinski definition) is 3. The standard InChI is InChI=1S/C28H20ClN3O2/c1-2-19-7-5-8-21(15-19)22-9-6-10-23(16-22)26-27(33)31-14-4-3-11-25(31)32(28(26)34)18-20-12-13-24(29)30-17-20/h2-17H,1,18H2/p+1. The summed E-state index contributed by atoms with van der Waals surface area (Å²) in [5.74, 6) is -0.108. The van der Waals surface area contributed by atoms with E-state index >= 15 is 0 Å². The lowest BCUT2D eigenvalue weighted by atomic mass is 9.98. The average Bonchev–Trinajstić information content (AvgIpc) is 2.88. The average molecular weight is 467 g/mol. The Morgan fingerprint density at radius 3 is 2.50 bits per heavy atom. The molecule has 0 aliphatic carbocycles. The van der Waals surface area contributed by atoms with E-state index in [0.29, 0.717) is 22.9 Å². The van der Waals surface area contributed by atoms with Crippen molar-refractivity contribution in [3.8, 4) is 28.1 Å². The van der Waals surface area contributed by atoms with Crippen molar-refractivity contribution in [1.29, 1.82) is 0 Å². The Kier molecular flexibility index (Phi) is 5.70. The Labute approximate surface area is 201 Å². The van der Waals surface area contributed by atoms with E-state index in [1.54, 1.807) is 45.6 Å². The highest BCUT2D eigenvalue weighted by Gasteiger charge is 2.25. The first-order valence-corrected chi connectivity index (χ1v) is 11.1. The molecule has 0 atom stereocenters. The van der Waals surface area contributed by atoms with Gasteiger partial charge >= 0.3 is 5.56 Å². The second-order valence-corrected chi connectivity index (χ2v) is 8.31. The maximum Gasteiger partial charge on any atom is 0.354 e. The fraction of sp³-hybridized carbons (Fsp3) is 0.0357. The molecule has 166 valence electrons. The van der Waals surface area contributed by atoms with Crippen LogP contribution in [0.3, 0.4) is 0 Å². The normalized spacial score (nSPS) is 11.0. The van der Waals surface area contributed by atoms with Crippen molar-refractivity contribution < 1.29 is 9.67 Å². The second kappa shape index (κ2) is 8.96. The van der Waals surface area contributed by atoms with Crippen LogP contribution in [0.5, 0.6) is 5.88 Å². The number of fused-ring (bicyclic) bond motifs is 1. The minimum Gasteiger partial charge on any atom is -0.477 e. The molecule has 3 aromatic heterocycles. The molecular weight excluding hydrogens is 446 g/mol. The van der Waals surface area contributed by atoms with Crippen molar-refractivity contribution in [1.82, 2.24) is 9.38 Å². The summed E-state index contributed by atoms with van der Waals surface area (Å²) in [6, 6.07) is 24.6. The monoisotopic (exact) mass is 466 g/mol. The van der Waals surface area contributed by atoms with E-state index in [0.717, 1.165) is 22.3 Å². The third-order valence-electron chi connectivity index (χ3n) is 5.76. The van der Waals surface area contributed by atoms with Gasteiger partial charge in [0.1, 0.15) is 11.7 Å². The molecule has 0 spiro atoms. The molecule has 0 bridgehead atoms. The van der Waals surface area contributed by atoms with Crippen LogP contribution in [0.2, 0.25) is 5.15 Å². The van der Waals surface area contributed by atoms with Crippen LogP contribution in [0.4, 0.5) is 0 Å². The summed E-state index contributed by atoms with van der Waals surface area (Å²) < 4.78 is 3.25. The largest absolute Gasteiger partial charge is 0.477 e. The van der Waals surface area contributed by atoms with E-state index in [-0.39, 0.29) is 17.0 Å². The predicted octanol–water partition coefficient (Wildman–Crippen LogP) is 5.37. The summed E-state index contributed by atoms with van der Waals surface area (Å²) in [5.41, 5.74) is 4.92. The molecule has 0 fully saturated rings. The van der Waals surface area contributed by atoms with Gasteiger partial charge in [-0.15, -0.1) is 0 Å². The van der Waals surface area contributed by atoms with Gasteiger partial charge in [0.15, 0.2) is 5.56 Å². The Morgan fingerprint density at radius 2 is 1.74 bits per heavy atom. The van der Waals surface area contributed by atoms with Gasteiger partial charge in [-0.25, -0.2) is 9.78 Å². The molecule has 5 aromatic rings. The van der Waals surface area contributed by atoms with Gasteiger partial charge in [-0.2, -0.15) is 8.97 Å². The molecular formula is C28H21ClN3O2+. The van der Waals surface area contributed by atoms with Gasteiger partial charge in [0.05, 0.1) is 6.20 Å². The Balaban J connectivity index is 1.71. The first kappa shape index (κ1) is 21.6. The summed E-state index contributed by atoms with van der Waals surface area (Å²) >= 11 is 5.93. The van der Waals surface area contributed by atoms with Crippen LogP contribution in [-0.2, 0) is 6.54 Å². The Hall–Kier alpha value is -4.22. The van der Waals surface area contributed by atoms with E-state index in [4.69, 9.17) is 11.6 Å². The van der Waals surface area contributed by atoms with Crippen LogP contribution in [0.15, 0.2) is 103 Å². The van der Waals surface area contributed by atoms with Crippen LogP contribution < -0.4 is 10.1 Å². The number of nitrogens with zero attached hydrogens (tertiary/aromatic N) is 3. The van der Waals surface area contributed by atoms with Gasteiger partial charge in [-0.3, -0.25) is 0 Å². The number of aromatic hydroxyl groups is 1. The first-order chi connectivity index (χ1) is 16.5. The van der Waals surface area contributed by atoms with E-state index < -0.39 is 0 Å². The second-order valence-electron chi connectivity index (χ2n) is 7.92. The summed E-state index contributed by atoms with van der Waals surface area (Å²) in [6.07, 6.45) is 5.16. The summed E-state index contributed by atoms with van der Waals surface area (Å²) in [5, 5.41) is 11.8. The predicted molar refractivity (Wildman–Crippen MR) is 135 cm³/mol. The van der Waals surface area contributed by atoms with E-state index in [1.807, 2.05) is 60.7 Å². The molecule has 6 heteroatoms. The fourth-order valence-electron chi connectivity index (χ4n) is 4.08. The van der Waals surface area contributed by atoms with Crippen LogP contribution in [0.1, 0.15) is 11.1 Å². The lowest BCUT2D eigenvalue weighted by molar-refractivity contribution is -0.671. The van der Waals surface area contributed by atoms with E-state index in [2.05, 4.69) is 11.6 Å². The molecule has 0 aliphatic rings. The SMILES string of the molecule is C=Cc1cccc(-c2cccc(-c3c(O)[n+](Cc4ccc(Cl)nc4)c4ccccn4c3=O)c2)c1. The van der Waals surface area contributed by atoms with Crippen LogP contribution in [0.25, 0.3) is 34.0 Å².